The van der Waals surface area contributed by atoms with E-state index in [4.69, 9.17) is 9.47 Å². The summed E-state index contributed by atoms with van der Waals surface area (Å²) in [5, 5.41) is 3.00. The zero-order valence-corrected chi connectivity index (χ0v) is 15.3. The monoisotopic (exact) mass is 361 g/mol. The molecule has 1 atom stereocenters. The van der Waals surface area contributed by atoms with E-state index in [9.17, 15) is 4.79 Å². The van der Waals surface area contributed by atoms with Crippen molar-refractivity contribution in [2.45, 2.75) is 13.0 Å². The van der Waals surface area contributed by atoms with Crippen LogP contribution in [0.5, 0.6) is 11.5 Å². The van der Waals surface area contributed by atoms with Gasteiger partial charge in [0.2, 0.25) is 0 Å². The number of benzene rings is 3. The van der Waals surface area contributed by atoms with Gasteiger partial charge in [-0.1, -0.05) is 48.5 Å². The fourth-order valence-corrected chi connectivity index (χ4v) is 2.64. The van der Waals surface area contributed by atoms with E-state index in [-0.39, 0.29) is 11.9 Å². The molecule has 0 spiro atoms. The molecule has 27 heavy (non-hydrogen) atoms. The van der Waals surface area contributed by atoms with Crippen molar-refractivity contribution in [1.29, 1.82) is 0 Å². The van der Waals surface area contributed by atoms with Gasteiger partial charge in [0.15, 0.2) is 0 Å². The van der Waals surface area contributed by atoms with Crippen LogP contribution in [0.4, 0.5) is 0 Å². The average Bonchev–Trinajstić information content (AvgIpc) is 2.73. The maximum atomic E-state index is 12.4. The molecule has 1 N–H and O–H groups in total. The van der Waals surface area contributed by atoms with Crippen LogP contribution < -0.4 is 14.8 Å². The molecular weight excluding hydrogens is 338 g/mol. The maximum absolute atomic E-state index is 12.4. The molecule has 3 rings (SSSR count). The number of hydrogen-bond donors (Lipinski definition) is 1. The van der Waals surface area contributed by atoms with Crippen molar-refractivity contribution in [3.8, 4) is 11.5 Å². The van der Waals surface area contributed by atoms with Gasteiger partial charge >= 0.3 is 0 Å². The zero-order valence-electron chi connectivity index (χ0n) is 15.3. The Morgan fingerprint density at radius 2 is 1.30 bits per heavy atom. The lowest BCUT2D eigenvalue weighted by Crippen LogP contribution is -2.26. The number of nitrogens with one attached hydrogen (secondary N) is 1. The Hall–Kier alpha value is -3.27. The first kappa shape index (κ1) is 18.5. The zero-order chi connectivity index (χ0) is 18.9. The summed E-state index contributed by atoms with van der Waals surface area (Å²) in [6.07, 6.45) is 0. The number of rotatable bonds is 8. The summed E-state index contributed by atoms with van der Waals surface area (Å²) in [5.74, 6) is 1.42. The molecule has 3 aromatic rings. The molecule has 3 aromatic carbocycles. The standard InChI is InChI=1S/C23H23NO3/c1-18(19-8-4-2-5-9-19)24-23(25)20-12-14-22(15-13-20)27-17-16-26-21-10-6-3-7-11-21/h2-15,18H,16-17H2,1H3,(H,24,25). The van der Waals surface area contributed by atoms with Crippen LogP contribution in [0, 0.1) is 0 Å². The molecule has 0 saturated heterocycles. The molecule has 0 heterocycles. The third-order valence-electron chi connectivity index (χ3n) is 4.13. The molecule has 0 radical (unpaired) electrons. The fraction of sp³-hybridized carbons (Fsp3) is 0.174. The fourth-order valence-electron chi connectivity index (χ4n) is 2.64. The van der Waals surface area contributed by atoms with Gasteiger partial charge < -0.3 is 14.8 Å². The second kappa shape index (κ2) is 9.43. The van der Waals surface area contributed by atoms with Crippen molar-refractivity contribution in [1.82, 2.24) is 5.32 Å². The maximum Gasteiger partial charge on any atom is 0.251 e. The highest BCUT2D eigenvalue weighted by Crippen LogP contribution is 2.15. The van der Waals surface area contributed by atoms with Crippen molar-refractivity contribution >= 4 is 5.91 Å². The minimum atomic E-state index is -0.106. The van der Waals surface area contributed by atoms with Gasteiger partial charge in [0.1, 0.15) is 24.7 Å². The highest BCUT2D eigenvalue weighted by Gasteiger charge is 2.11. The minimum absolute atomic E-state index is 0.0511. The van der Waals surface area contributed by atoms with Crippen LogP contribution in [0.15, 0.2) is 84.9 Å². The first-order valence-corrected chi connectivity index (χ1v) is 8.99. The Balaban J connectivity index is 1.46. The Morgan fingerprint density at radius 1 is 0.778 bits per heavy atom. The normalized spacial score (nSPS) is 11.4. The molecular formula is C23H23NO3. The quantitative estimate of drug-likeness (QED) is 0.595. The van der Waals surface area contributed by atoms with Crippen molar-refractivity contribution in [2.75, 3.05) is 13.2 Å². The van der Waals surface area contributed by atoms with Crippen molar-refractivity contribution < 1.29 is 14.3 Å². The van der Waals surface area contributed by atoms with Crippen LogP contribution in [0.25, 0.3) is 0 Å². The Morgan fingerprint density at radius 3 is 1.89 bits per heavy atom. The van der Waals surface area contributed by atoms with Crippen molar-refractivity contribution in [3.63, 3.8) is 0 Å². The highest BCUT2D eigenvalue weighted by molar-refractivity contribution is 5.94. The predicted molar refractivity (Wildman–Crippen MR) is 106 cm³/mol. The lowest BCUT2D eigenvalue weighted by molar-refractivity contribution is 0.0940. The summed E-state index contributed by atoms with van der Waals surface area (Å²) in [7, 11) is 0. The summed E-state index contributed by atoms with van der Waals surface area (Å²) in [6.45, 7) is 2.86. The van der Waals surface area contributed by atoms with E-state index in [0.29, 0.717) is 24.5 Å². The lowest BCUT2D eigenvalue weighted by Gasteiger charge is -2.14. The van der Waals surface area contributed by atoms with Gasteiger partial charge in [0.25, 0.3) is 5.91 Å². The number of ether oxygens (including phenoxy) is 2. The van der Waals surface area contributed by atoms with E-state index in [0.717, 1.165) is 11.3 Å². The van der Waals surface area contributed by atoms with E-state index in [2.05, 4.69) is 5.32 Å². The van der Waals surface area contributed by atoms with Crippen molar-refractivity contribution in [2.24, 2.45) is 0 Å². The van der Waals surface area contributed by atoms with Gasteiger partial charge in [-0.2, -0.15) is 0 Å². The van der Waals surface area contributed by atoms with Gasteiger partial charge in [-0.3, -0.25) is 4.79 Å². The SMILES string of the molecule is CC(NC(=O)c1ccc(OCCOc2ccccc2)cc1)c1ccccc1. The number of para-hydroxylation sites is 1. The van der Waals surface area contributed by atoms with Crippen LogP contribution >= 0.6 is 0 Å². The van der Waals surface area contributed by atoms with Crippen molar-refractivity contribution in [3.05, 3.63) is 96.1 Å². The number of hydrogen-bond acceptors (Lipinski definition) is 3. The summed E-state index contributed by atoms with van der Waals surface area (Å²) < 4.78 is 11.2. The predicted octanol–water partition coefficient (Wildman–Crippen LogP) is 4.64. The summed E-state index contributed by atoms with van der Waals surface area (Å²) >= 11 is 0. The second-order valence-corrected chi connectivity index (χ2v) is 6.14. The Bertz CT molecular complexity index is 833. The molecule has 1 unspecified atom stereocenters. The smallest absolute Gasteiger partial charge is 0.251 e. The molecule has 4 nitrogen and oxygen atoms in total. The average molecular weight is 361 g/mol. The molecule has 4 heteroatoms. The molecule has 138 valence electrons. The third-order valence-corrected chi connectivity index (χ3v) is 4.13. The third kappa shape index (κ3) is 5.61. The van der Waals surface area contributed by atoms with Gasteiger partial charge in [-0.05, 0) is 48.9 Å². The van der Waals surface area contributed by atoms with E-state index in [1.807, 2.05) is 67.6 Å². The van der Waals surface area contributed by atoms with Gasteiger partial charge in [0.05, 0.1) is 6.04 Å². The molecule has 0 aliphatic heterocycles. The van der Waals surface area contributed by atoms with Crippen LogP contribution in [0.3, 0.4) is 0 Å². The second-order valence-electron chi connectivity index (χ2n) is 6.14. The topological polar surface area (TPSA) is 47.6 Å². The largest absolute Gasteiger partial charge is 0.490 e. The molecule has 0 bridgehead atoms. The van der Waals surface area contributed by atoms with E-state index in [1.54, 1.807) is 24.3 Å². The molecule has 1 amide bonds. The van der Waals surface area contributed by atoms with Gasteiger partial charge in [0, 0.05) is 5.56 Å². The van der Waals surface area contributed by atoms with E-state index >= 15 is 0 Å². The summed E-state index contributed by atoms with van der Waals surface area (Å²) in [4.78, 5) is 12.4. The van der Waals surface area contributed by atoms with Crippen LogP contribution in [0.1, 0.15) is 28.9 Å². The minimum Gasteiger partial charge on any atom is -0.490 e. The Labute approximate surface area is 159 Å². The number of carbonyl (C=O) groups is 1. The van der Waals surface area contributed by atoms with Crippen LogP contribution in [-0.2, 0) is 0 Å². The highest BCUT2D eigenvalue weighted by atomic mass is 16.5. The molecule has 0 aliphatic carbocycles. The van der Waals surface area contributed by atoms with Crippen LogP contribution in [0.2, 0.25) is 0 Å². The first-order chi connectivity index (χ1) is 13.2. The summed E-state index contributed by atoms with van der Waals surface area (Å²) in [6, 6.07) is 26.6. The summed E-state index contributed by atoms with van der Waals surface area (Å²) in [5.41, 5.74) is 1.68. The number of carbonyl (C=O) groups excluding carboxylic acids is 1. The number of amides is 1. The molecule has 0 aromatic heterocycles. The van der Waals surface area contributed by atoms with E-state index < -0.39 is 0 Å². The Kier molecular flexibility index (Phi) is 6.47. The lowest BCUT2D eigenvalue weighted by atomic mass is 10.1. The van der Waals surface area contributed by atoms with Crippen LogP contribution in [-0.4, -0.2) is 19.1 Å². The van der Waals surface area contributed by atoms with Gasteiger partial charge in [-0.15, -0.1) is 0 Å². The molecule has 0 aliphatic rings. The van der Waals surface area contributed by atoms with Gasteiger partial charge in [-0.25, -0.2) is 0 Å². The van der Waals surface area contributed by atoms with E-state index in [1.165, 1.54) is 0 Å². The first-order valence-electron chi connectivity index (χ1n) is 8.99. The molecule has 0 fully saturated rings. The molecule has 0 saturated carbocycles.